The van der Waals surface area contributed by atoms with E-state index < -0.39 is 10.0 Å². The summed E-state index contributed by atoms with van der Waals surface area (Å²) in [4.78, 5) is 1.27. The first kappa shape index (κ1) is 17.6. The van der Waals surface area contributed by atoms with Gasteiger partial charge in [-0.25, -0.2) is 13.1 Å². The Morgan fingerprint density at radius 1 is 1.35 bits per heavy atom. The Balaban J connectivity index is 2.80. The van der Waals surface area contributed by atoms with E-state index in [2.05, 4.69) is 30.8 Å². The van der Waals surface area contributed by atoms with Gasteiger partial charge in [0.25, 0.3) is 0 Å². The average molecular weight is 319 g/mol. The van der Waals surface area contributed by atoms with Crippen molar-refractivity contribution in [2.24, 2.45) is 5.41 Å². The second kappa shape index (κ2) is 7.02. The fraction of sp³-hybridized carbons (Fsp3) is 0.714. The van der Waals surface area contributed by atoms with E-state index in [1.165, 1.54) is 11.3 Å². The quantitative estimate of drug-likeness (QED) is 0.775. The molecule has 0 unspecified atom stereocenters. The number of thiophene rings is 1. The lowest BCUT2D eigenvalue weighted by molar-refractivity contribution is 0.350. The number of sulfonamides is 1. The van der Waals surface area contributed by atoms with Crippen molar-refractivity contribution >= 4 is 21.4 Å². The van der Waals surface area contributed by atoms with Crippen molar-refractivity contribution < 1.29 is 8.42 Å². The van der Waals surface area contributed by atoms with Crippen LogP contribution in [0.1, 0.15) is 45.9 Å². The SMILES string of the molecule is CCC(C)(C)CNS(=O)(=O)c1ccsc1CNC(C)C. The Morgan fingerprint density at radius 3 is 2.55 bits per heavy atom. The van der Waals surface area contributed by atoms with E-state index in [9.17, 15) is 8.42 Å². The largest absolute Gasteiger partial charge is 0.310 e. The molecule has 2 N–H and O–H groups in total. The molecule has 0 aromatic carbocycles. The van der Waals surface area contributed by atoms with Crippen LogP contribution in [0.15, 0.2) is 16.3 Å². The number of hydrogen-bond donors (Lipinski definition) is 2. The topological polar surface area (TPSA) is 58.2 Å². The highest BCUT2D eigenvalue weighted by Crippen LogP contribution is 2.24. The van der Waals surface area contributed by atoms with Crippen molar-refractivity contribution in [1.29, 1.82) is 0 Å². The highest BCUT2D eigenvalue weighted by molar-refractivity contribution is 7.89. The molecule has 0 atom stereocenters. The monoisotopic (exact) mass is 318 g/mol. The van der Waals surface area contributed by atoms with Crippen LogP contribution in [0.4, 0.5) is 0 Å². The Kier molecular flexibility index (Phi) is 6.19. The van der Waals surface area contributed by atoms with Crippen LogP contribution in [-0.4, -0.2) is 21.0 Å². The molecular weight excluding hydrogens is 292 g/mol. The second-order valence-corrected chi connectivity index (χ2v) is 8.82. The van der Waals surface area contributed by atoms with E-state index in [0.29, 0.717) is 24.0 Å². The molecule has 4 nitrogen and oxygen atoms in total. The maximum atomic E-state index is 12.4. The smallest absolute Gasteiger partial charge is 0.241 e. The lowest BCUT2D eigenvalue weighted by atomic mass is 9.91. The van der Waals surface area contributed by atoms with E-state index in [1.54, 1.807) is 6.07 Å². The van der Waals surface area contributed by atoms with E-state index in [-0.39, 0.29) is 5.41 Å². The molecule has 0 saturated heterocycles. The van der Waals surface area contributed by atoms with Gasteiger partial charge in [0.1, 0.15) is 0 Å². The maximum absolute atomic E-state index is 12.4. The molecule has 1 rings (SSSR count). The first-order chi connectivity index (χ1) is 9.18. The van der Waals surface area contributed by atoms with Crippen molar-refractivity contribution in [1.82, 2.24) is 10.0 Å². The molecule has 0 aliphatic carbocycles. The zero-order valence-electron chi connectivity index (χ0n) is 13.0. The van der Waals surface area contributed by atoms with Gasteiger partial charge in [-0.3, -0.25) is 0 Å². The van der Waals surface area contributed by atoms with Crippen LogP contribution in [0.5, 0.6) is 0 Å². The molecule has 1 aromatic rings. The van der Waals surface area contributed by atoms with Crippen LogP contribution in [0.2, 0.25) is 0 Å². The third kappa shape index (κ3) is 5.16. The third-order valence-electron chi connectivity index (χ3n) is 3.36. The molecule has 0 bridgehead atoms. The van der Waals surface area contributed by atoms with Crippen LogP contribution < -0.4 is 10.0 Å². The summed E-state index contributed by atoms with van der Waals surface area (Å²) >= 11 is 1.48. The van der Waals surface area contributed by atoms with Crippen molar-refractivity contribution in [2.45, 2.75) is 58.5 Å². The normalized spacial score (nSPS) is 13.1. The van der Waals surface area contributed by atoms with Gasteiger partial charge in [-0.1, -0.05) is 34.6 Å². The van der Waals surface area contributed by atoms with Gasteiger partial charge in [0.05, 0.1) is 4.90 Å². The van der Waals surface area contributed by atoms with Gasteiger partial charge in [-0.15, -0.1) is 11.3 Å². The minimum absolute atomic E-state index is 0.0283. The van der Waals surface area contributed by atoms with Crippen LogP contribution in [-0.2, 0) is 16.6 Å². The first-order valence-corrected chi connectivity index (χ1v) is 9.33. The molecule has 0 radical (unpaired) electrons. The fourth-order valence-corrected chi connectivity index (χ4v) is 4.12. The summed E-state index contributed by atoms with van der Waals surface area (Å²) < 4.78 is 27.5. The molecule has 1 heterocycles. The lowest BCUT2D eigenvalue weighted by Crippen LogP contribution is -2.34. The van der Waals surface area contributed by atoms with Gasteiger partial charge >= 0.3 is 0 Å². The average Bonchev–Trinajstić information content (AvgIpc) is 2.83. The molecule has 0 aliphatic heterocycles. The summed E-state index contributed by atoms with van der Waals surface area (Å²) in [5.41, 5.74) is -0.0283. The van der Waals surface area contributed by atoms with Crippen molar-refractivity contribution in [3.05, 3.63) is 16.3 Å². The molecule has 0 saturated carbocycles. The highest BCUT2D eigenvalue weighted by atomic mass is 32.2. The zero-order chi connectivity index (χ0) is 15.4. The van der Waals surface area contributed by atoms with Crippen LogP contribution in [0.3, 0.4) is 0 Å². The first-order valence-electron chi connectivity index (χ1n) is 6.97. The highest BCUT2D eigenvalue weighted by Gasteiger charge is 2.23. The van der Waals surface area contributed by atoms with Gasteiger partial charge in [0.15, 0.2) is 0 Å². The molecule has 6 heteroatoms. The predicted molar refractivity (Wildman–Crippen MR) is 85.6 cm³/mol. The molecule has 0 amide bonds. The van der Waals surface area contributed by atoms with E-state index in [1.807, 2.05) is 19.2 Å². The maximum Gasteiger partial charge on any atom is 0.241 e. The van der Waals surface area contributed by atoms with Gasteiger partial charge in [0.2, 0.25) is 10.0 Å². The minimum Gasteiger partial charge on any atom is -0.310 e. The molecular formula is C14H26N2O2S2. The number of hydrogen-bond acceptors (Lipinski definition) is 4. The molecule has 0 fully saturated rings. The van der Waals surface area contributed by atoms with Gasteiger partial charge in [0, 0.05) is 24.0 Å². The minimum atomic E-state index is -3.42. The van der Waals surface area contributed by atoms with E-state index in [4.69, 9.17) is 0 Å². The predicted octanol–water partition coefficient (Wildman–Crippen LogP) is 2.96. The van der Waals surface area contributed by atoms with Gasteiger partial charge < -0.3 is 5.32 Å². The fourth-order valence-electron chi connectivity index (χ4n) is 1.49. The van der Waals surface area contributed by atoms with E-state index >= 15 is 0 Å². The summed E-state index contributed by atoms with van der Waals surface area (Å²) in [5, 5.41) is 5.09. The summed E-state index contributed by atoms with van der Waals surface area (Å²) in [6.07, 6.45) is 0.931. The summed E-state index contributed by atoms with van der Waals surface area (Å²) in [7, 11) is -3.42. The van der Waals surface area contributed by atoms with Gasteiger partial charge in [-0.05, 0) is 23.3 Å². The number of rotatable bonds is 8. The molecule has 20 heavy (non-hydrogen) atoms. The third-order valence-corrected chi connectivity index (χ3v) is 5.90. The zero-order valence-corrected chi connectivity index (χ0v) is 14.6. The van der Waals surface area contributed by atoms with Gasteiger partial charge in [-0.2, -0.15) is 0 Å². The standard InChI is InChI=1S/C14H26N2O2S2/c1-6-14(4,5)10-16-20(17,18)13-7-8-19-12(13)9-15-11(2)3/h7-8,11,15-16H,6,9-10H2,1-5H3. The van der Waals surface area contributed by atoms with Crippen LogP contribution in [0, 0.1) is 5.41 Å². The van der Waals surface area contributed by atoms with Crippen molar-refractivity contribution in [3.63, 3.8) is 0 Å². The number of nitrogens with one attached hydrogen (secondary N) is 2. The lowest BCUT2D eigenvalue weighted by Gasteiger charge is -2.22. The molecule has 0 spiro atoms. The van der Waals surface area contributed by atoms with Crippen LogP contribution >= 0.6 is 11.3 Å². The summed E-state index contributed by atoms with van der Waals surface area (Å²) in [6, 6.07) is 2.02. The Bertz CT molecular complexity index is 519. The summed E-state index contributed by atoms with van der Waals surface area (Å²) in [6.45, 7) is 11.3. The van der Waals surface area contributed by atoms with E-state index in [0.717, 1.165) is 11.3 Å². The molecule has 1 aromatic heterocycles. The van der Waals surface area contributed by atoms with Crippen molar-refractivity contribution in [2.75, 3.05) is 6.54 Å². The Hall–Kier alpha value is -0.430. The summed E-state index contributed by atoms with van der Waals surface area (Å²) in [5.74, 6) is 0. The van der Waals surface area contributed by atoms with Crippen molar-refractivity contribution in [3.8, 4) is 0 Å². The molecule has 116 valence electrons. The molecule has 0 aliphatic rings. The Labute approximate surface area is 127 Å². The second-order valence-electron chi connectivity index (χ2n) is 6.09. The Morgan fingerprint density at radius 2 is 2.00 bits per heavy atom. The van der Waals surface area contributed by atoms with Crippen LogP contribution in [0.25, 0.3) is 0 Å².